The molecule has 0 atom stereocenters. The SMILES string of the molecule is Fc1cccc(-c2c(Cl)nc(-c3ncccn3)nc2Cl)c1. The maximum atomic E-state index is 13.3. The second-order valence-corrected chi connectivity index (χ2v) is 4.80. The van der Waals surface area contributed by atoms with Gasteiger partial charge < -0.3 is 0 Å². The molecule has 2 aromatic heterocycles. The molecule has 0 aliphatic carbocycles. The van der Waals surface area contributed by atoms with Gasteiger partial charge in [0, 0.05) is 12.4 Å². The molecule has 2 heterocycles. The molecular formula is C14H7Cl2FN4. The van der Waals surface area contributed by atoms with Gasteiger partial charge >= 0.3 is 0 Å². The predicted molar refractivity (Wildman–Crippen MR) is 78.5 cm³/mol. The molecule has 1 aromatic carbocycles. The van der Waals surface area contributed by atoms with Gasteiger partial charge in [0.25, 0.3) is 0 Å². The lowest BCUT2D eigenvalue weighted by atomic mass is 10.1. The van der Waals surface area contributed by atoms with Crippen molar-refractivity contribution in [1.29, 1.82) is 0 Å². The second kappa shape index (κ2) is 5.71. The van der Waals surface area contributed by atoms with Crippen molar-refractivity contribution in [2.75, 3.05) is 0 Å². The maximum absolute atomic E-state index is 13.3. The lowest BCUT2D eigenvalue weighted by Crippen LogP contribution is -1.98. The fraction of sp³-hybridized carbons (Fsp3) is 0. The molecule has 3 rings (SSSR count). The number of rotatable bonds is 2. The first kappa shape index (κ1) is 13.9. The summed E-state index contributed by atoms with van der Waals surface area (Å²) in [5, 5.41) is 0.228. The highest BCUT2D eigenvalue weighted by atomic mass is 35.5. The van der Waals surface area contributed by atoms with E-state index in [0.29, 0.717) is 17.0 Å². The molecule has 21 heavy (non-hydrogen) atoms. The van der Waals surface area contributed by atoms with Crippen LogP contribution in [0.25, 0.3) is 22.8 Å². The van der Waals surface area contributed by atoms with Gasteiger partial charge in [0.05, 0.1) is 5.56 Å². The average Bonchev–Trinajstić information content (AvgIpc) is 2.47. The minimum atomic E-state index is -0.393. The van der Waals surface area contributed by atoms with Crippen molar-refractivity contribution in [3.63, 3.8) is 0 Å². The molecule has 0 saturated heterocycles. The van der Waals surface area contributed by atoms with E-state index in [1.54, 1.807) is 30.6 Å². The summed E-state index contributed by atoms with van der Waals surface area (Å²) in [4.78, 5) is 16.3. The quantitative estimate of drug-likeness (QED) is 0.668. The summed E-state index contributed by atoms with van der Waals surface area (Å²) < 4.78 is 13.3. The van der Waals surface area contributed by atoms with Crippen molar-refractivity contribution in [2.45, 2.75) is 0 Å². The van der Waals surface area contributed by atoms with E-state index in [1.807, 2.05) is 0 Å². The lowest BCUT2D eigenvalue weighted by molar-refractivity contribution is 0.628. The lowest BCUT2D eigenvalue weighted by Gasteiger charge is -2.08. The third-order valence-electron chi connectivity index (χ3n) is 2.70. The van der Waals surface area contributed by atoms with Crippen molar-refractivity contribution in [1.82, 2.24) is 19.9 Å². The second-order valence-electron chi connectivity index (χ2n) is 4.09. The van der Waals surface area contributed by atoms with Crippen LogP contribution in [0.5, 0.6) is 0 Å². The zero-order valence-corrected chi connectivity index (χ0v) is 12.0. The number of hydrogen-bond acceptors (Lipinski definition) is 4. The Morgan fingerprint density at radius 3 is 2.14 bits per heavy atom. The molecule has 0 saturated carbocycles. The topological polar surface area (TPSA) is 51.6 Å². The van der Waals surface area contributed by atoms with Gasteiger partial charge in [-0.25, -0.2) is 24.3 Å². The van der Waals surface area contributed by atoms with E-state index in [0.717, 1.165) is 0 Å². The summed E-state index contributed by atoms with van der Waals surface area (Å²) in [6.45, 7) is 0. The van der Waals surface area contributed by atoms with Gasteiger partial charge in [0.15, 0.2) is 5.82 Å². The van der Waals surface area contributed by atoms with Crippen molar-refractivity contribution in [2.24, 2.45) is 0 Å². The highest BCUT2D eigenvalue weighted by Crippen LogP contribution is 2.33. The average molecular weight is 321 g/mol. The first-order valence-corrected chi connectivity index (χ1v) is 6.67. The fourth-order valence-corrected chi connectivity index (χ4v) is 2.41. The Hall–Kier alpha value is -2.11. The molecule has 0 radical (unpaired) electrons. The Balaban J connectivity index is 2.13. The molecule has 0 aliphatic heterocycles. The largest absolute Gasteiger partial charge is 0.234 e. The van der Waals surface area contributed by atoms with Crippen LogP contribution in [-0.2, 0) is 0 Å². The number of benzene rings is 1. The molecule has 0 aliphatic rings. The van der Waals surface area contributed by atoms with Crippen molar-refractivity contribution < 1.29 is 4.39 Å². The molecule has 0 amide bonds. The smallest absolute Gasteiger partial charge is 0.200 e. The summed E-state index contributed by atoms with van der Waals surface area (Å²) >= 11 is 12.3. The van der Waals surface area contributed by atoms with Gasteiger partial charge in [0.1, 0.15) is 16.1 Å². The van der Waals surface area contributed by atoms with Crippen LogP contribution in [-0.4, -0.2) is 19.9 Å². The standard InChI is InChI=1S/C14H7Cl2FN4/c15-11-10(8-3-1-4-9(17)7-8)12(16)21-14(20-11)13-18-5-2-6-19-13/h1-7H. The van der Waals surface area contributed by atoms with E-state index in [9.17, 15) is 4.39 Å². The monoisotopic (exact) mass is 320 g/mol. The van der Waals surface area contributed by atoms with Gasteiger partial charge in [-0.3, -0.25) is 0 Å². The van der Waals surface area contributed by atoms with Crippen LogP contribution in [0.2, 0.25) is 10.3 Å². The highest BCUT2D eigenvalue weighted by Gasteiger charge is 2.16. The van der Waals surface area contributed by atoms with Gasteiger partial charge in [-0.15, -0.1) is 0 Å². The van der Waals surface area contributed by atoms with Crippen LogP contribution in [0.15, 0.2) is 42.7 Å². The van der Waals surface area contributed by atoms with Gasteiger partial charge in [-0.2, -0.15) is 0 Å². The molecule has 0 N–H and O–H groups in total. The normalized spacial score (nSPS) is 10.6. The molecule has 104 valence electrons. The van der Waals surface area contributed by atoms with E-state index in [-0.39, 0.29) is 16.1 Å². The van der Waals surface area contributed by atoms with E-state index in [4.69, 9.17) is 23.2 Å². The number of aromatic nitrogens is 4. The summed E-state index contributed by atoms with van der Waals surface area (Å²) in [6, 6.07) is 7.56. The Morgan fingerprint density at radius 1 is 0.857 bits per heavy atom. The Labute approximate surface area is 129 Å². The van der Waals surface area contributed by atoms with Crippen LogP contribution < -0.4 is 0 Å². The fourth-order valence-electron chi connectivity index (χ4n) is 1.80. The van der Waals surface area contributed by atoms with E-state index >= 15 is 0 Å². The number of halogens is 3. The van der Waals surface area contributed by atoms with E-state index < -0.39 is 5.82 Å². The third-order valence-corrected chi connectivity index (χ3v) is 3.25. The zero-order chi connectivity index (χ0) is 14.8. The molecule has 0 bridgehead atoms. The van der Waals surface area contributed by atoms with Crippen LogP contribution in [0, 0.1) is 5.82 Å². The van der Waals surface area contributed by atoms with E-state index in [2.05, 4.69) is 19.9 Å². The molecule has 4 nitrogen and oxygen atoms in total. The van der Waals surface area contributed by atoms with Crippen molar-refractivity contribution in [3.8, 4) is 22.8 Å². The molecule has 3 aromatic rings. The number of nitrogens with zero attached hydrogens (tertiary/aromatic N) is 4. The molecule has 0 fully saturated rings. The number of hydrogen-bond donors (Lipinski definition) is 0. The Kier molecular flexibility index (Phi) is 3.77. The van der Waals surface area contributed by atoms with Crippen LogP contribution in [0.4, 0.5) is 4.39 Å². The molecular weight excluding hydrogens is 314 g/mol. The Morgan fingerprint density at radius 2 is 1.52 bits per heavy atom. The first-order valence-electron chi connectivity index (χ1n) is 5.91. The summed E-state index contributed by atoms with van der Waals surface area (Å²) in [5.74, 6) is 0.132. The summed E-state index contributed by atoms with van der Waals surface area (Å²) in [6.07, 6.45) is 3.13. The minimum Gasteiger partial charge on any atom is -0.234 e. The van der Waals surface area contributed by atoms with Gasteiger partial charge in [-0.05, 0) is 23.8 Å². The molecule has 0 unspecified atom stereocenters. The van der Waals surface area contributed by atoms with Gasteiger partial charge in [-0.1, -0.05) is 35.3 Å². The predicted octanol–water partition coefficient (Wildman–Crippen LogP) is 4.05. The highest BCUT2D eigenvalue weighted by molar-refractivity contribution is 6.37. The van der Waals surface area contributed by atoms with Crippen molar-refractivity contribution in [3.05, 3.63) is 58.8 Å². The van der Waals surface area contributed by atoms with Crippen LogP contribution in [0.1, 0.15) is 0 Å². The van der Waals surface area contributed by atoms with Crippen LogP contribution in [0.3, 0.4) is 0 Å². The van der Waals surface area contributed by atoms with Gasteiger partial charge in [0.2, 0.25) is 5.82 Å². The summed E-state index contributed by atoms with van der Waals surface area (Å²) in [5.41, 5.74) is 0.878. The first-order chi connectivity index (χ1) is 10.1. The Bertz CT molecular complexity index is 773. The minimum absolute atomic E-state index is 0.114. The third kappa shape index (κ3) is 2.84. The summed E-state index contributed by atoms with van der Waals surface area (Å²) in [7, 11) is 0. The van der Waals surface area contributed by atoms with E-state index in [1.165, 1.54) is 12.1 Å². The molecule has 7 heteroatoms. The molecule has 0 spiro atoms. The maximum Gasteiger partial charge on any atom is 0.200 e. The van der Waals surface area contributed by atoms with Crippen LogP contribution >= 0.6 is 23.2 Å². The zero-order valence-electron chi connectivity index (χ0n) is 10.5. The van der Waals surface area contributed by atoms with Crippen molar-refractivity contribution >= 4 is 23.2 Å².